The number of fused-ring (bicyclic) bond motifs is 4. The molecule has 1 aromatic rings. The number of rotatable bonds is 2. The summed E-state index contributed by atoms with van der Waals surface area (Å²) in [7, 11) is 2.01. The summed E-state index contributed by atoms with van der Waals surface area (Å²) >= 11 is 0. The first-order valence-corrected chi connectivity index (χ1v) is 10.4. The minimum Gasteiger partial charge on any atom is -0.472 e. The predicted molar refractivity (Wildman–Crippen MR) is 109 cm³/mol. The van der Waals surface area contributed by atoms with Crippen molar-refractivity contribution < 1.29 is 14.3 Å². The van der Waals surface area contributed by atoms with E-state index >= 15 is 0 Å². The standard InChI is InChI=1S/C23H30N2O3/c1-13-18(19-20(27-13)25(5)16-9-7-6-8-15(16)24-19)21(26)28-17-12-14-10-11-23(17,4)22(14,2)3/h6-9,14,17,19-20,24H,10-12H2,1-5H3/t14-,17+,19+,20+,23-/m0/s1. The highest BCUT2D eigenvalue weighted by Crippen LogP contribution is 2.66. The summed E-state index contributed by atoms with van der Waals surface area (Å²) in [6.07, 6.45) is 3.12. The molecule has 2 fully saturated rings. The molecular formula is C23H30N2O3. The summed E-state index contributed by atoms with van der Waals surface area (Å²) in [5.41, 5.74) is 3.01. The number of nitrogens with zero attached hydrogens (tertiary/aromatic N) is 1. The SMILES string of the molecule is CC1=C(C(=O)O[C@@H]2C[C@@H]3CC[C@]2(C)C3(C)C)[C@H]2Nc3ccccc3N(C)[C@@H]2O1. The molecule has 0 spiro atoms. The monoisotopic (exact) mass is 382 g/mol. The second kappa shape index (κ2) is 5.68. The number of benzene rings is 1. The van der Waals surface area contributed by atoms with Gasteiger partial charge in [-0.1, -0.05) is 32.9 Å². The third-order valence-corrected chi connectivity index (χ3v) is 8.43. The average Bonchev–Trinajstić information content (AvgIpc) is 3.16. The molecule has 5 heteroatoms. The van der Waals surface area contributed by atoms with Crippen molar-refractivity contribution in [3.63, 3.8) is 0 Å². The van der Waals surface area contributed by atoms with Crippen LogP contribution in [0.1, 0.15) is 47.0 Å². The van der Waals surface area contributed by atoms with E-state index in [0.29, 0.717) is 17.3 Å². The van der Waals surface area contributed by atoms with E-state index in [9.17, 15) is 4.79 Å². The van der Waals surface area contributed by atoms with Gasteiger partial charge in [0.15, 0.2) is 6.23 Å². The molecule has 4 aliphatic rings. The fourth-order valence-corrected chi connectivity index (χ4v) is 6.10. The van der Waals surface area contributed by atoms with Crippen LogP contribution in [0.4, 0.5) is 11.4 Å². The van der Waals surface area contributed by atoms with Crippen molar-refractivity contribution in [1.29, 1.82) is 0 Å². The van der Waals surface area contributed by atoms with Crippen molar-refractivity contribution in [3.05, 3.63) is 35.6 Å². The lowest BCUT2D eigenvalue weighted by molar-refractivity contribution is -0.152. The zero-order valence-corrected chi connectivity index (χ0v) is 17.4. The van der Waals surface area contributed by atoms with Gasteiger partial charge in [0.1, 0.15) is 23.5 Å². The molecule has 1 N–H and O–H groups in total. The Labute approximate surface area is 167 Å². The van der Waals surface area contributed by atoms with Crippen molar-refractivity contribution in [2.24, 2.45) is 16.7 Å². The number of carbonyl (C=O) groups is 1. The second-order valence-corrected chi connectivity index (χ2v) is 9.73. The number of carbonyl (C=O) groups excluding carboxylic acids is 1. The first-order valence-electron chi connectivity index (χ1n) is 10.4. The number of allylic oxidation sites excluding steroid dienone is 1. The maximum atomic E-state index is 13.3. The maximum Gasteiger partial charge on any atom is 0.340 e. The van der Waals surface area contributed by atoms with Gasteiger partial charge in [0.25, 0.3) is 0 Å². The number of para-hydroxylation sites is 2. The molecule has 28 heavy (non-hydrogen) atoms. The second-order valence-electron chi connectivity index (χ2n) is 9.73. The first-order chi connectivity index (χ1) is 13.2. The Morgan fingerprint density at radius 2 is 2.04 bits per heavy atom. The van der Waals surface area contributed by atoms with Crippen LogP contribution in [-0.4, -0.2) is 31.4 Å². The highest BCUT2D eigenvalue weighted by molar-refractivity contribution is 5.93. The predicted octanol–water partition coefficient (Wildman–Crippen LogP) is 4.31. The van der Waals surface area contributed by atoms with Gasteiger partial charge in [0, 0.05) is 12.5 Å². The van der Waals surface area contributed by atoms with E-state index in [2.05, 4.69) is 37.1 Å². The molecule has 0 unspecified atom stereocenters. The van der Waals surface area contributed by atoms with Gasteiger partial charge in [0.2, 0.25) is 0 Å². The molecule has 0 radical (unpaired) electrons. The summed E-state index contributed by atoms with van der Waals surface area (Å²) in [5.74, 6) is 1.09. The molecule has 2 saturated carbocycles. The summed E-state index contributed by atoms with van der Waals surface area (Å²) in [6.45, 7) is 8.86. The quantitative estimate of drug-likeness (QED) is 0.773. The van der Waals surface area contributed by atoms with Gasteiger partial charge in [-0.25, -0.2) is 4.79 Å². The number of esters is 1. The summed E-state index contributed by atoms with van der Waals surface area (Å²) in [6, 6.07) is 7.90. The van der Waals surface area contributed by atoms with Crippen LogP contribution in [0.25, 0.3) is 0 Å². The molecule has 2 aliphatic heterocycles. The molecule has 1 aromatic carbocycles. The Balaban J connectivity index is 1.40. The summed E-state index contributed by atoms with van der Waals surface area (Å²) in [4.78, 5) is 15.4. The number of ether oxygens (including phenoxy) is 2. The Morgan fingerprint density at radius 1 is 1.29 bits per heavy atom. The topological polar surface area (TPSA) is 50.8 Å². The molecule has 5 rings (SSSR count). The largest absolute Gasteiger partial charge is 0.472 e. The highest BCUT2D eigenvalue weighted by Gasteiger charge is 2.63. The van der Waals surface area contributed by atoms with E-state index in [4.69, 9.17) is 9.47 Å². The van der Waals surface area contributed by atoms with Crippen molar-refractivity contribution in [3.8, 4) is 0 Å². The van der Waals surface area contributed by atoms with E-state index in [1.54, 1.807) is 0 Å². The minimum absolute atomic E-state index is 0.0123. The van der Waals surface area contributed by atoms with Gasteiger partial charge in [0.05, 0.1) is 11.4 Å². The molecule has 0 saturated heterocycles. The molecule has 0 amide bonds. The van der Waals surface area contributed by atoms with Gasteiger partial charge in [-0.3, -0.25) is 0 Å². The van der Waals surface area contributed by atoms with Crippen molar-refractivity contribution in [2.75, 3.05) is 17.3 Å². The zero-order chi connectivity index (χ0) is 19.8. The van der Waals surface area contributed by atoms with E-state index in [1.807, 2.05) is 32.2 Å². The van der Waals surface area contributed by atoms with Gasteiger partial charge in [-0.15, -0.1) is 0 Å². The molecule has 0 aromatic heterocycles. The highest BCUT2D eigenvalue weighted by atomic mass is 16.6. The number of likely N-dealkylation sites (N-methyl/N-ethyl adjacent to an activating group) is 1. The number of nitrogens with one attached hydrogen (secondary N) is 1. The lowest BCUT2D eigenvalue weighted by Crippen LogP contribution is -2.49. The van der Waals surface area contributed by atoms with Gasteiger partial charge in [-0.2, -0.15) is 0 Å². The molecular weight excluding hydrogens is 352 g/mol. The lowest BCUT2D eigenvalue weighted by atomic mass is 9.70. The smallest absolute Gasteiger partial charge is 0.340 e. The molecule has 150 valence electrons. The zero-order valence-electron chi connectivity index (χ0n) is 17.4. The van der Waals surface area contributed by atoms with Crippen LogP contribution in [-0.2, 0) is 14.3 Å². The minimum atomic E-state index is -0.232. The third kappa shape index (κ3) is 2.16. The van der Waals surface area contributed by atoms with Crippen molar-refractivity contribution in [2.45, 2.75) is 65.3 Å². The summed E-state index contributed by atoms with van der Waals surface area (Å²) < 4.78 is 12.3. The van der Waals surface area contributed by atoms with Crippen molar-refractivity contribution in [1.82, 2.24) is 0 Å². The molecule has 5 nitrogen and oxygen atoms in total. The van der Waals surface area contributed by atoms with E-state index < -0.39 is 0 Å². The van der Waals surface area contributed by atoms with Gasteiger partial charge in [-0.05, 0) is 49.7 Å². The third-order valence-electron chi connectivity index (χ3n) is 8.43. The normalized spacial score (nSPS) is 37.2. The van der Waals surface area contributed by atoms with Crippen molar-refractivity contribution >= 4 is 17.3 Å². The van der Waals surface area contributed by atoms with Gasteiger partial charge >= 0.3 is 5.97 Å². The van der Waals surface area contributed by atoms with Crippen LogP contribution in [0.2, 0.25) is 0 Å². The molecule has 2 bridgehead atoms. The number of anilines is 2. The Morgan fingerprint density at radius 3 is 2.71 bits per heavy atom. The molecule has 2 heterocycles. The molecule has 5 atom stereocenters. The van der Waals surface area contributed by atoms with Crippen LogP contribution in [0, 0.1) is 16.7 Å². The van der Waals surface area contributed by atoms with Crippen LogP contribution >= 0.6 is 0 Å². The Hall–Kier alpha value is -2.17. The fraction of sp³-hybridized carbons (Fsp3) is 0.609. The van der Waals surface area contributed by atoms with E-state index in [-0.39, 0.29) is 35.2 Å². The van der Waals surface area contributed by atoms with E-state index in [1.165, 1.54) is 6.42 Å². The van der Waals surface area contributed by atoms with Crippen LogP contribution < -0.4 is 10.2 Å². The fourth-order valence-electron chi connectivity index (χ4n) is 6.10. The van der Waals surface area contributed by atoms with Crippen LogP contribution in [0.3, 0.4) is 0 Å². The van der Waals surface area contributed by atoms with Crippen LogP contribution in [0.15, 0.2) is 35.6 Å². The Bertz CT molecular complexity index is 876. The molecule has 2 aliphatic carbocycles. The first kappa shape index (κ1) is 17.9. The van der Waals surface area contributed by atoms with E-state index in [0.717, 1.165) is 24.2 Å². The number of hydrogen-bond acceptors (Lipinski definition) is 5. The Kier molecular flexibility index (Phi) is 3.63. The lowest BCUT2D eigenvalue weighted by Gasteiger charge is -2.39. The van der Waals surface area contributed by atoms with Crippen LogP contribution in [0.5, 0.6) is 0 Å². The number of hydrogen-bond donors (Lipinski definition) is 1. The summed E-state index contributed by atoms with van der Waals surface area (Å²) in [5, 5.41) is 3.51. The average molecular weight is 383 g/mol. The van der Waals surface area contributed by atoms with Gasteiger partial charge < -0.3 is 19.7 Å². The maximum absolute atomic E-state index is 13.3.